The molecule has 2 aliphatic rings. The lowest BCUT2D eigenvalue weighted by molar-refractivity contribution is 0.0126. The van der Waals surface area contributed by atoms with Gasteiger partial charge in [-0.1, -0.05) is 6.92 Å². The highest BCUT2D eigenvalue weighted by Gasteiger charge is 2.37. The number of ether oxygens (including phenoxy) is 1. The minimum Gasteiger partial charge on any atom is -0.490 e. The van der Waals surface area contributed by atoms with Gasteiger partial charge >= 0.3 is 0 Å². The molecule has 0 radical (unpaired) electrons. The maximum Gasteiger partial charge on any atom is 0.274 e. The number of fused-ring (bicyclic) bond motifs is 1. The molecule has 1 aromatic carbocycles. The average molecular weight is 543 g/mol. The number of nitrogens with zero attached hydrogens (tertiary/aromatic N) is 2. The van der Waals surface area contributed by atoms with Crippen molar-refractivity contribution in [2.75, 3.05) is 11.9 Å². The molecule has 1 aliphatic heterocycles. The second kappa shape index (κ2) is 10.2. The molecule has 1 amide bonds. The van der Waals surface area contributed by atoms with Crippen LogP contribution in [0.4, 0.5) is 18.9 Å². The summed E-state index contributed by atoms with van der Waals surface area (Å²) >= 11 is 0. The van der Waals surface area contributed by atoms with Crippen molar-refractivity contribution in [3.63, 3.8) is 0 Å². The van der Waals surface area contributed by atoms with Gasteiger partial charge in [0.1, 0.15) is 23.0 Å². The predicted octanol–water partition coefficient (Wildman–Crippen LogP) is 4.00. The molecule has 8 nitrogen and oxygen atoms in total. The number of halogens is 3. The number of nitrogens with one attached hydrogen (secondary N) is 1. The van der Waals surface area contributed by atoms with E-state index in [9.17, 15) is 19.4 Å². The normalized spacial score (nSPS) is 26.5. The SMILES string of the molecule is C[C@H]1C[C@@H](c2ccncc2NC(=O)c2ccc(F)c(-c3c(F)cc4c(c3F)OCC[C@@]4(C)O)n2)C[C@@H](N)[C@@H]1O. The van der Waals surface area contributed by atoms with Crippen LogP contribution in [-0.2, 0) is 5.60 Å². The quantitative estimate of drug-likeness (QED) is 0.392. The van der Waals surface area contributed by atoms with Gasteiger partial charge in [-0.05, 0) is 61.4 Å². The van der Waals surface area contributed by atoms with Crippen LogP contribution < -0.4 is 15.8 Å². The van der Waals surface area contributed by atoms with Crippen molar-refractivity contribution in [1.29, 1.82) is 0 Å². The zero-order valence-corrected chi connectivity index (χ0v) is 21.4. The van der Waals surface area contributed by atoms with Crippen LogP contribution in [0.25, 0.3) is 11.3 Å². The number of aromatic nitrogens is 2. The molecule has 0 saturated heterocycles. The lowest BCUT2D eigenvalue weighted by Gasteiger charge is -2.36. The van der Waals surface area contributed by atoms with Gasteiger partial charge in [0.25, 0.3) is 5.91 Å². The summed E-state index contributed by atoms with van der Waals surface area (Å²) in [6.45, 7) is 3.30. The average Bonchev–Trinajstić information content (AvgIpc) is 2.89. The first-order valence-corrected chi connectivity index (χ1v) is 12.7. The number of carbonyl (C=O) groups is 1. The number of hydrogen-bond donors (Lipinski definition) is 4. The molecular formula is C28H29F3N4O4. The van der Waals surface area contributed by atoms with Crippen LogP contribution >= 0.6 is 0 Å². The fourth-order valence-electron chi connectivity index (χ4n) is 5.47. The van der Waals surface area contributed by atoms with Crippen LogP contribution in [0.2, 0.25) is 0 Å². The number of pyridine rings is 2. The standard InChI is InChI=1S/C28H29F3N4O4/c1-13-9-14(10-19(32)25(13)36)15-5-7-33-12-21(15)35-27(37)20-4-3-17(29)24(34-20)22-18(30)11-16-26(23(22)31)39-8-6-28(16,2)38/h3-5,7,11-14,19,25,36,38H,6,8-10,32H2,1-2H3,(H,35,37)/t13-,14+,19+,25+,28+/m0/s1. The van der Waals surface area contributed by atoms with Gasteiger partial charge in [-0.15, -0.1) is 0 Å². The number of amides is 1. The molecule has 1 fully saturated rings. The zero-order valence-electron chi connectivity index (χ0n) is 21.4. The van der Waals surface area contributed by atoms with Gasteiger partial charge in [-0.2, -0.15) is 0 Å². The number of benzene rings is 1. The first-order valence-electron chi connectivity index (χ1n) is 12.7. The topological polar surface area (TPSA) is 131 Å². The number of anilines is 1. The summed E-state index contributed by atoms with van der Waals surface area (Å²) in [6.07, 6.45) is 3.70. The Morgan fingerprint density at radius 1 is 1.21 bits per heavy atom. The molecule has 3 aromatic rings. The fourth-order valence-corrected chi connectivity index (χ4v) is 5.47. The summed E-state index contributed by atoms with van der Waals surface area (Å²) in [5.41, 5.74) is 3.87. The third-order valence-electron chi connectivity index (χ3n) is 7.68. The Morgan fingerprint density at radius 3 is 2.72 bits per heavy atom. The first-order chi connectivity index (χ1) is 18.5. The summed E-state index contributed by atoms with van der Waals surface area (Å²) in [5.74, 6) is -4.64. The second-order valence-electron chi connectivity index (χ2n) is 10.5. The summed E-state index contributed by atoms with van der Waals surface area (Å²) in [5, 5.41) is 23.5. The smallest absolute Gasteiger partial charge is 0.274 e. The van der Waals surface area contributed by atoms with Gasteiger partial charge < -0.3 is 26.0 Å². The Labute approximate surface area is 223 Å². The lowest BCUT2D eigenvalue weighted by atomic mass is 9.74. The van der Waals surface area contributed by atoms with E-state index >= 15 is 8.78 Å². The Hall–Kier alpha value is -3.54. The summed E-state index contributed by atoms with van der Waals surface area (Å²) < 4.78 is 50.7. The Balaban J connectivity index is 1.47. The Morgan fingerprint density at radius 2 is 1.97 bits per heavy atom. The molecule has 1 saturated carbocycles. The van der Waals surface area contributed by atoms with Gasteiger partial charge in [0.2, 0.25) is 0 Å². The van der Waals surface area contributed by atoms with E-state index in [2.05, 4.69) is 15.3 Å². The zero-order chi connectivity index (χ0) is 28.1. The number of rotatable bonds is 4. The Kier molecular flexibility index (Phi) is 7.08. The van der Waals surface area contributed by atoms with Crippen molar-refractivity contribution in [1.82, 2.24) is 9.97 Å². The molecule has 1 aliphatic carbocycles. The first kappa shape index (κ1) is 27.0. The monoisotopic (exact) mass is 542 g/mol. The third-order valence-corrected chi connectivity index (χ3v) is 7.68. The molecule has 39 heavy (non-hydrogen) atoms. The van der Waals surface area contributed by atoms with Crippen LogP contribution in [0.5, 0.6) is 5.75 Å². The number of aliphatic hydroxyl groups excluding tert-OH is 1. The molecule has 5 rings (SSSR count). The van der Waals surface area contributed by atoms with Crippen molar-refractivity contribution in [3.05, 3.63) is 70.9 Å². The van der Waals surface area contributed by atoms with Crippen LogP contribution in [-0.4, -0.2) is 44.8 Å². The van der Waals surface area contributed by atoms with E-state index in [0.717, 1.165) is 23.8 Å². The third kappa shape index (κ3) is 4.97. The highest BCUT2D eigenvalue weighted by molar-refractivity contribution is 6.03. The van der Waals surface area contributed by atoms with Crippen molar-refractivity contribution >= 4 is 11.6 Å². The molecule has 206 valence electrons. The van der Waals surface area contributed by atoms with Crippen molar-refractivity contribution in [2.45, 2.75) is 56.8 Å². The van der Waals surface area contributed by atoms with Crippen molar-refractivity contribution < 1.29 is 32.9 Å². The molecule has 3 heterocycles. The molecular weight excluding hydrogens is 513 g/mol. The largest absolute Gasteiger partial charge is 0.490 e. The molecule has 0 bridgehead atoms. The van der Waals surface area contributed by atoms with Gasteiger partial charge in [-0.3, -0.25) is 9.78 Å². The van der Waals surface area contributed by atoms with Crippen LogP contribution in [0.15, 0.2) is 36.7 Å². The van der Waals surface area contributed by atoms with Crippen molar-refractivity contribution in [3.8, 4) is 17.0 Å². The molecule has 0 spiro atoms. The minimum absolute atomic E-state index is 0.0164. The molecule has 5 N–H and O–H groups in total. The maximum atomic E-state index is 15.4. The highest BCUT2D eigenvalue weighted by Crippen LogP contribution is 2.43. The van der Waals surface area contributed by atoms with E-state index in [-0.39, 0.29) is 41.9 Å². The van der Waals surface area contributed by atoms with Crippen molar-refractivity contribution in [2.24, 2.45) is 11.7 Å². The number of nitrogens with two attached hydrogens (primary N) is 1. The van der Waals surface area contributed by atoms with Crippen LogP contribution in [0, 0.1) is 23.4 Å². The molecule has 0 unspecified atom stereocenters. The van der Waals surface area contributed by atoms with E-state index in [0.29, 0.717) is 18.5 Å². The van der Waals surface area contributed by atoms with E-state index in [1.54, 1.807) is 12.3 Å². The molecule has 2 aromatic heterocycles. The number of carbonyl (C=O) groups excluding carboxylic acids is 1. The van der Waals surface area contributed by atoms with Crippen LogP contribution in [0.3, 0.4) is 0 Å². The molecule has 11 heteroatoms. The van der Waals surface area contributed by atoms with E-state index in [1.165, 1.54) is 13.1 Å². The Bertz CT molecular complexity index is 1420. The fraction of sp³-hybridized carbons (Fsp3) is 0.393. The van der Waals surface area contributed by atoms with Gasteiger partial charge in [0, 0.05) is 24.2 Å². The van der Waals surface area contributed by atoms with E-state index < -0.39 is 52.4 Å². The van der Waals surface area contributed by atoms with Gasteiger partial charge in [-0.25, -0.2) is 18.2 Å². The lowest BCUT2D eigenvalue weighted by Crippen LogP contribution is -2.44. The summed E-state index contributed by atoms with van der Waals surface area (Å²) in [4.78, 5) is 21.2. The minimum atomic E-state index is -1.53. The second-order valence-corrected chi connectivity index (χ2v) is 10.5. The number of aliphatic hydroxyl groups is 2. The predicted molar refractivity (Wildman–Crippen MR) is 137 cm³/mol. The summed E-state index contributed by atoms with van der Waals surface area (Å²) in [7, 11) is 0. The molecule has 5 atom stereocenters. The van der Waals surface area contributed by atoms with Gasteiger partial charge in [0.15, 0.2) is 11.6 Å². The highest BCUT2D eigenvalue weighted by atomic mass is 19.1. The van der Waals surface area contributed by atoms with E-state index in [1.807, 2.05) is 6.92 Å². The van der Waals surface area contributed by atoms with Gasteiger partial charge in [0.05, 0.1) is 35.8 Å². The summed E-state index contributed by atoms with van der Waals surface area (Å²) in [6, 6.07) is 4.24. The van der Waals surface area contributed by atoms with Crippen LogP contribution in [0.1, 0.15) is 60.6 Å². The maximum absolute atomic E-state index is 15.4. The van der Waals surface area contributed by atoms with E-state index in [4.69, 9.17) is 10.5 Å². The number of hydrogen-bond acceptors (Lipinski definition) is 7.